The van der Waals surface area contributed by atoms with Crippen LogP contribution in [0.25, 0.3) is 5.65 Å². The molecule has 0 saturated carbocycles. The van der Waals surface area contributed by atoms with Gasteiger partial charge < -0.3 is 10.0 Å². The predicted octanol–water partition coefficient (Wildman–Crippen LogP) is 1.20. The smallest absolute Gasteiger partial charge is 0.329 e. The Morgan fingerprint density at radius 3 is 2.90 bits per heavy atom. The fourth-order valence-electron chi connectivity index (χ4n) is 2.74. The molecule has 1 fully saturated rings. The number of carbonyl (C=O) groups is 2. The summed E-state index contributed by atoms with van der Waals surface area (Å²) in [6.45, 7) is 2.03. The lowest BCUT2D eigenvalue weighted by Gasteiger charge is -2.41. The summed E-state index contributed by atoms with van der Waals surface area (Å²) in [6.07, 6.45) is 5.39. The van der Waals surface area contributed by atoms with Crippen LogP contribution in [-0.2, 0) is 4.79 Å². The summed E-state index contributed by atoms with van der Waals surface area (Å²) in [5.41, 5.74) is -0.378. The maximum atomic E-state index is 12.6. The fourth-order valence-corrected chi connectivity index (χ4v) is 2.74. The largest absolute Gasteiger partial charge is 0.480 e. The molecule has 1 aliphatic heterocycles. The lowest BCUT2D eigenvalue weighted by Crippen LogP contribution is -2.57. The Bertz CT molecular complexity index is 678. The normalized spacial score (nSPS) is 22.4. The third-order valence-electron chi connectivity index (χ3n) is 4.05. The average molecular weight is 288 g/mol. The summed E-state index contributed by atoms with van der Waals surface area (Å²) in [6, 6.07) is 3.30. The van der Waals surface area contributed by atoms with Crippen molar-refractivity contribution in [2.45, 2.75) is 31.7 Å². The van der Waals surface area contributed by atoms with Gasteiger partial charge in [0, 0.05) is 25.0 Å². The number of hydrogen-bond donors (Lipinski definition) is 1. The fraction of sp³-hybridized carbons (Fsp3) is 0.429. The van der Waals surface area contributed by atoms with Crippen molar-refractivity contribution in [3.05, 3.63) is 30.2 Å². The zero-order valence-electron chi connectivity index (χ0n) is 11.7. The number of carboxylic acids is 1. The minimum absolute atomic E-state index is 0.225. The van der Waals surface area contributed by atoms with E-state index in [-0.39, 0.29) is 11.6 Å². The molecular weight excluding hydrogens is 272 g/mol. The molecule has 0 bridgehead atoms. The number of carboxylic acid groups (broad SMARTS) is 1. The number of carbonyl (C=O) groups excluding carboxylic acids is 1. The van der Waals surface area contributed by atoms with E-state index in [0.717, 1.165) is 12.8 Å². The molecule has 1 atom stereocenters. The van der Waals surface area contributed by atoms with E-state index in [1.165, 1.54) is 9.42 Å². The van der Waals surface area contributed by atoms with Crippen LogP contribution in [0, 0.1) is 0 Å². The zero-order chi connectivity index (χ0) is 15.0. The van der Waals surface area contributed by atoms with E-state index >= 15 is 0 Å². The van der Waals surface area contributed by atoms with Crippen LogP contribution in [0.15, 0.2) is 24.5 Å². The van der Waals surface area contributed by atoms with E-state index in [9.17, 15) is 14.7 Å². The summed E-state index contributed by atoms with van der Waals surface area (Å²) < 4.78 is 1.51. The van der Waals surface area contributed by atoms with Gasteiger partial charge in [-0.15, -0.1) is 0 Å². The SMILES string of the molecule is CC1(C(=O)O)CCCCN1C(=O)c1cc2ncccn2n1. The van der Waals surface area contributed by atoms with Crippen LogP contribution in [0.3, 0.4) is 0 Å². The molecule has 3 rings (SSSR count). The first-order valence-corrected chi connectivity index (χ1v) is 6.88. The van der Waals surface area contributed by atoms with Crippen LogP contribution in [0.5, 0.6) is 0 Å². The lowest BCUT2D eigenvalue weighted by atomic mass is 9.88. The maximum Gasteiger partial charge on any atom is 0.329 e. The number of aromatic nitrogens is 3. The third kappa shape index (κ3) is 2.14. The Kier molecular flexibility index (Phi) is 3.12. The van der Waals surface area contributed by atoms with Crippen LogP contribution >= 0.6 is 0 Å². The standard InChI is InChI=1S/C14H16N4O3/c1-14(13(20)21)5-2-3-7-17(14)12(19)10-9-11-15-6-4-8-18(11)16-10/h4,6,8-9H,2-3,5,7H2,1H3,(H,20,21). The van der Waals surface area contributed by atoms with Gasteiger partial charge in [0.1, 0.15) is 5.54 Å². The Morgan fingerprint density at radius 1 is 1.38 bits per heavy atom. The minimum atomic E-state index is -1.17. The van der Waals surface area contributed by atoms with Crippen molar-refractivity contribution in [3.8, 4) is 0 Å². The summed E-state index contributed by atoms with van der Waals surface area (Å²) in [4.78, 5) is 29.7. The van der Waals surface area contributed by atoms with Crippen molar-refractivity contribution in [2.24, 2.45) is 0 Å². The number of piperidine rings is 1. The van der Waals surface area contributed by atoms with Crippen LogP contribution < -0.4 is 0 Å². The number of rotatable bonds is 2. The molecule has 7 nitrogen and oxygen atoms in total. The number of hydrogen-bond acceptors (Lipinski definition) is 4. The average Bonchev–Trinajstić information content (AvgIpc) is 2.91. The van der Waals surface area contributed by atoms with Gasteiger partial charge in [-0.05, 0) is 32.3 Å². The molecule has 3 heterocycles. The predicted molar refractivity (Wildman–Crippen MR) is 73.9 cm³/mol. The van der Waals surface area contributed by atoms with E-state index in [2.05, 4.69) is 10.1 Å². The van der Waals surface area contributed by atoms with Gasteiger partial charge in [-0.1, -0.05) is 0 Å². The second kappa shape index (κ2) is 4.83. The van der Waals surface area contributed by atoms with Crippen LogP contribution in [-0.4, -0.2) is 48.6 Å². The summed E-state index contributed by atoms with van der Waals surface area (Å²) in [5, 5.41) is 13.7. The number of aliphatic carboxylic acids is 1. The molecule has 1 unspecified atom stereocenters. The van der Waals surface area contributed by atoms with Gasteiger partial charge in [-0.3, -0.25) is 4.79 Å². The molecule has 1 saturated heterocycles. The van der Waals surface area contributed by atoms with Crippen molar-refractivity contribution in [1.82, 2.24) is 19.5 Å². The Morgan fingerprint density at radius 2 is 2.19 bits per heavy atom. The van der Waals surface area contributed by atoms with E-state index in [4.69, 9.17) is 0 Å². The first kappa shape index (κ1) is 13.5. The molecule has 1 N–H and O–H groups in total. The van der Waals surface area contributed by atoms with Gasteiger partial charge in [-0.2, -0.15) is 5.10 Å². The van der Waals surface area contributed by atoms with Crippen molar-refractivity contribution in [1.29, 1.82) is 0 Å². The molecule has 2 aromatic rings. The first-order chi connectivity index (χ1) is 10.0. The highest BCUT2D eigenvalue weighted by Crippen LogP contribution is 2.29. The molecular formula is C14H16N4O3. The third-order valence-corrected chi connectivity index (χ3v) is 4.05. The van der Waals surface area contributed by atoms with Crippen molar-refractivity contribution in [3.63, 3.8) is 0 Å². The van der Waals surface area contributed by atoms with Gasteiger partial charge >= 0.3 is 5.97 Å². The molecule has 21 heavy (non-hydrogen) atoms. The zero-order valence-corrected chi connectivity index (χ0v) is 11.7. The van der Waals surface area contributed by atoms with Crippen molar-refractivity contribution < 1.29 is 14.7 Å². The Hall–Kier alpha value is -2.44. The summed E-state index contributed by atoms with van der Waals surface area (Å²) >= 11 is 0. The molecule has 0 aromatic carbocycles. The van der Waals surface area contributed by atoms with Crippen molar-refractivity contribution >= 4 is 17.5 Å². The number of amides is 1. The summed E-state index contributed by atoms with van der Waals surface area (Å²) in [5.74, 6) is -1.33. The molecule has 0 spiro atoms. The van der Waals surface area contributed by atoms with Crippen molar-refractivity contribution in [2.75, 3.05) is 6.54 Å². The highest BCUT2D eigenvalue weighted by Gasteiger charge is 2.44. The molecule has 1 amide bonds. The van der Waals surface area contributed by atoms with Crippen LogP contribution in [0.2, 0.25) is 0 Å². The van der Waals surface area contributed by atoms with E-state index in [1.54, 1.807) is 31.5 Å². The van der Waals surface area contributed by atoms with E-state index in [0.29, 0.717) is 18.6 Å². The van der Waals surface area contributed by atoms with E-state index < -0.39 is 11.5 Å². The molecule has 110 valence electrons. The molecule has 0 aliphatic carbocycles. The van der Waals surface area contributed by atoms with Gasteiger partial charge in [0.05, 0.1) is 0 Å². The van der Waals surface area contributed by atoms with Crippen LogP contribution in [0.4, 0.5) is 0 Å². The molecule has 1 aliphatic rings. The highest BCUT2D eigenvalue weighted by molar-refractivity contribution is 5.97. The highest BCUT2D eigenvalue weighted by atomic mass is 16.4. The first-order valence-electron chi connectivity index (χ1n) is 6.88. The topological polar surface area (TPSA) is 87.8 Å². The maximum absolute atomic E-state index is 12.6. The van der Waals surface area contributed by atoms with Gasteiger partial charge in [0.15, 0.2) is 11.3 Å². The minimum Gasteiger partial charge on any atom is -0.480 e. The summed E-state index contributed by atoms with van der Waals surface area (Å²) in [7, 11) is 0. The van der Waals surface area contributed by atoms with Crippen LogP contribution in [0.1, 0.15) is 36.7 Å². The molecule has 0 radical (unpaired) electrons. The van der Waals surface area contributed by atoms with Gasteiger partial charge in [0.2, 0.25) is 0 Å². The monoisotopic (exact) mass is 288 g/mol. The quantitative estimate of drug-likeness (QED) is 0.897. The Balaban J connectivity index is 1.97. The second-order valence-electron chi connectivity index (χ2n) is 5.44. The lowest BCUT2D eigenvalue weighted by molar-refractivity contribution is -0.150. The number of fused-ring (bicyclic) bond motifs is 1. The van der Waals surface area contributed by atoms with Gasteiger partial charge in [0.25, 0.3) is 5.91 Å². The number of nitrogens with zero attached hydrogens (tertiary/aromatic N) is 4. The van der Waals surface area contributed by atoms with E-state index in [1.807, 2.05) is 0 Å². The second-order valence-corrected chi connectivity index (χ2v) is 5.44. The van der Waals surface area contributed by atoms with Gasteiger partial charge in [-0.25, -0.2) is 14.3 Å². The molecule has 7 heteroatoms. The number of likely N-dealkylation sites (tertiary alicyclic amines) is 1. The Labute approximate surface area is 121 Å². The molecule has 2 aromatic heterocycles.